The second-order valence-corrected chi connectivity index (χ2v) is 6.94. The predicted octanol–water partition coefficient (Wildman–Crippen LogP) is 3.22. The third-order valence-corrected chi connectivity index (χ3v) is 4.97. The molecule has 2 aromatic carbocycles. The Kier molecular flexibility index (Phi) is 3.74. The SMILES string of the molecule is CC1(C)CC1(C(=O)NCc1ccc(O)cc1O)c1ccccc1F. The molecule has 2 aromatic rings. The first-order valence-corrected chi connectivity index (χ1v) is 7.82. The standard InChI is InChI=1S/C19H20FNO3/c1-18(2)11-19(18,14-5-3-4-6-15(14)20)17(24)21-10-12-7-8-13(22)9-16(12)23/h3-9,22-23H,10-11H2,1-2H3,(H,21,24). The molecule has 24 heavy (non-hydrogen) atoms. The predicted molar refractivity (Wildman–Crippen MR) is 88.1 cm³/mol. The van der Waals surface area contributed by atoms with Crippen LogP contribution in [0.25, 0.3) is 0 Å². The molecule has 1 unspecified atom stereocenters. The van der Waals surface area contributed by atoms with E-state index in [0.29, 0.717) is 17.5 Å². The van der Waals surface area contributed by atoms with Crippen LogP contribution in [0.15, 0.2) is 42.5 Å². The van der Waals surface area contributed by atoms with E-state index in [-0.39, 0.29) is 35.2 Å². The summed E-state index contributed by atoms with van der Waals surface area (Å²) < 4.78 is 14.3. The zero-order valence-electron chi connectivity index (χ0n) is 13.6. The molecule has 1 fully saturated rings. The highest BCUT2D eigenvalue weighted by atomic mass is 19.1. The van der Waals surface area contributed by atoms with Crippen molar-refractivity contribution in [3.05, 3.63) is 59.4 Å². The zero-order chi connectivity index (χ0) is 17.5. The van der Waals surface area contributed by atoms with Crippen LogP contribution in [-0.4, -0.2) is 16.1 Å². The lowest BCUT2D eigenvalue weighted by molar-refractivity contribution is -0.124. The molecule has 1 atom stereocenters. The number of benzene rings is 2. The summed E-state index contributed by atoms with van der Waals surface area (Å²) in [5, 5.41) is 21.9. The largest absolute Gasteiger partial charge is 0.508 e. The van der Waals surface area contributed by atoms with Crippen LogP contribution in [-0.2, 0) is 16.8 Å². The van der Waals surface area contributed by atoms with Gasteiger partial charge in [0.15, 0.2) is 0 Å². The van der Waals surface area contributed by atoms with Crippen molar-refractivity contribution < 1.29 is 19.4 Å². The maximum atomic E-state index is 14.3. The van der Waals surface area contributed by atoms with Gasteiger partial charge >= 0.3 is 0 Å². The molecule has 1 aliphatic rings. The van der Waals surface area contributed by atoms with E-state index in [4.69, 9.17) is 0 Å². The quantitative estimate of drug-likeness (QED) is 0.807. The number of carbonyl (C=O) groups excluding carboxylic acids is 1. The van der Waals surface area contributed by atoms with Gasteiger partial charge in [0.05, 0.1) is 5.41 Å². The fraction of sp³-hybridized carbons (Fsp3) is 0.316. The van der Waals surface area contributed by atoms with E-state index in [1.807, 2.05) is 13.8 Å². The average Bonchev–Trinajstić information content (AvgIpc) is 3.10. The van der Waals surface area contributed by atoms with E-state index in [1.165, 1.54) is 18.2 Å². The first-order chi connectivity index (χ1) is 11.3. The van der Waals surface area contributed by atoms with E-state index in [9.17, 15) is 19.4 Å². The number of phenols is 2. The van der Waals surface area contributed by atoms with Gasteiger partial charge in [0.1, 0.15) is 17.3 Å². The number of hydrogen-bond acceptors (Lipinski definition) is 3. The Morgan fingerprint density at radius 3 is 2.46 bits per heavy atom. The number of carbonyl (C=O) groups is 1. The molecular weight excluding hydrogens is 309 g/mol. The Balaban J connectivity index is 1.83. The van der Waals surface area contributed by atoms with Crippen molar-refractivity contribution in [1.29, 1.82) is 0 Å². The Labute approximate surface area is 140 Å². The third-order valence-electron chi connectivity index (χ3n) is 4.97. The lowest BCUT2D eigenvalue weighted by atomic mass is 9.86. The normalized spacial score (nSPS) is 21.3. The van der Waals surface area contributed by atoms with Crippen LogP contribution in [0.5, 0.6) is 11.5 Å². The molecule has 5 heteroatoms. The molecule has 0 aliphatic heterocycles. The molecule has 3 N–H and O–H groups in total. The Bertz CT molecular complexity index is 803. The first kappa shape index (κ1) is 16.3. The van der Waals surface area contributed by atoms with Crippen molar-refractivity contribution in [2.45, 2.75) is 32.2 Å². The molecule has 0 heterocycles. The lowest BCUT2D eigenvalue weighted by Crippen LogP contribution is -2.38. The van der Waals surface area contributed by atoms with Crippen LogP contribution in [0.4, 0.5) is 4.39 Å². The molecule has 0 saturated heterocycles. The molecule has 126 valence electrons. The van der Waals surface area contributed by atoms with Gasteiger partial charge in [-0.15, -0.1) is 0 Å². The maximum absolute atomic E-state index is 14.3. The molecule has 1 amide bonds. The summed E-state index contributed by atoms with van der Waals surface area (Å²) in [7, 11) is 0. The number of nitrogens with one attached hydrogen (secondary N) is 1. The van der Waals surface area contributed by atoms with Crippen LogP contribution in [0.1, 0.15) is 31.4 Å². The summed E-state index contributed by atoms with van der Waals surface area (Å²) >= 11 is 0. The highest BCUT2D eigenvalue weighted by Gasteiger charge is 2.67. The molecular formula is C19H20FNO3. The van der Waals surface area contributed by atoms with E-state index in [0.717, 1.165) is 0 Å². The van der Waals surface area contributed by atoms with Crippen LogP contribution in [0.2, 0.25) is 0 Å². The number of phenolic OH excluding ortho intramolecular Hbond substituents is 2. The number of rotatable bonds is 4. The minimum absolute atomic E-state index is 0.0475. The van der Waals surface area contributed by atoms with Crippen molar-refractivity contribution in [1.82, 2.24) is 5.32 Å². The van der Waals surface area contributed by atoms with Crippen molar-refractivity contribution >= 4 is 5.91 Å². The van der Waals surface area contributed by atoms with Gasteiger partial charge in [0.2, 0.25) is 5.91 Å². The average molecular weight is 329 g/mol. The molecule has 1 saturated carbocycles. The van der Waals surface area contributed by atoms with Crippen LogP contribution in [0, 0.1) is 11.2 Å². The molecule has 4 nitrogen and oxygen atoms in total. The van der Waals surface area contributed by atoms with E-state index in [2.05, 4.69) is 5.32 Å². The van der Waals surface area contributed by atoms with Gasteiger partial charge in [0, 0.05) is 23.7 Å². The van der Waals surface area contributed by atoms with Crippen LogP contribution >= 0.6 is 0 Å². The van der Waals surface area contributed by atoms with Crippen molar-refractivity contribution in [3.8, 4) is 11.5 Å². The third kappa shape index (κ3) is 2.50. The topological polar surface area (TPSA) is 69.6 Å². The summed E-state index contributed by atoms with van der Waals surface area (Å²) in [5.74, 6) is -0.783. The lowest BCUT2D eigenvalue weighted by Gasteiger charge is -2.21. The monoisotopic (exact) mass is 329 g/mol. The fourth-order valence-corrected chi connectivity index (χ4v) is 3.42. The van der Waals surface area contributed by atoms with Gasteiger partial charge in [-0.2, -0.15) is 0 Å². The second kappa shape index (κ2) is 5.51. The van der Waals surface area contributed by atoms with E-state index < -0.39 is 5.41 Å². The Morgan fingerprint density at radius 1 is 1.21 bits per heavy atom. The summed E-state index contributed by atoms with van der Waals surface area (Å²) in [5.41, 5.74) is -0.341. The smallest absolute Gasteiger partial charge is 0.231 e. The maximum Gasteiger partial charge on any atom is 0.231 e. The summed E-state index contributed by atoms with van der Waals surface area (Å²) in [4.78, 5) is 12.8. The van der Waals surface area contributed by atoms with E-state index >= 15 is 0 Å². The highest BCUT2D eigenvalue weighted by molar-refractivity contribution is 5.93. The molecule has 0 radical (unpaired) electrons. The number of aromatic hydroxyl groups is 2. The molecule has 1 aliphatic carbocycles. The second-order valence-electron chi connectivity index (χ2n) is 6.94. The minimum Gasteiger partial charge on any atom is -0.508 e. The zero-order valence-corrected chi connectivity index (χ0v) is 13.6. The van der Waals surface area contributed by atoms with Gasteiger partial charge in [-0.3, -0.25) is 4.79 Å². The van der Waals surface area contributed by atoms with Gasteiger partial charge in [0.25, 0.3) is 0 Å². The van der Waals surface area contributed by atoms with Gasteiger partial charge < -0.3 is 15.5 Å². The summed E-state index contributed by atoms with van der Waals surface area (Å²) in [6.45, 7) is 3.99. The summed E-state index contributed by atoms with van der Waals surface area (Å²) in [6, 6.07) is 10.6. The fourth-order valence-electron chi connectivity index (χ4n) is 3.42. The molecule has 0 aromatic heterocycles. The van der Waals surface area contributed by atoms with Gasteiger partial charge in [-0.05, 0) is 30.0 Å². The molecule has 3 rings (SSSR count). The van der Waals surface area contributed by atoms with Crippen molar-refractivity contribution in [3.63, 3.8) is 0 Å². The molecule has 0 spiro atoms. The highest BCUT2D eigenvalue weighted by Crippen LogP contribution is 2.64. The van der Waals surface area contributed by atoms with Crippen molar-refractivity contribution in [2.24, 2.45) is 5.41 Å². The number of halogens is 1. The number of amides is 1. The molecule has 0 bridgehead atoms. The van der Waals surface area contributed by atoms with Crippen LogP contribution in [0.3, 0.4) is 0 Å². The Hall–Kier alpha value is -2.56. The van der Waals surface area contributed by atoms with Crippen LogP contribution < -0.4 is 5.32 Å². The first-order valence-electron chi connectivity index (χ1n) is 7.82. The van der Waals surface area contributed by atoms with Crippen molar-refractivity contribution in [2.75, 3.05) is 0 Å². The number of hydrogen-bond donors (Lipinski definition) is 3. The van der Waals surface area contributed by atoms with Gasteiger partial charge in [-0.25, -0.2) is 4.39 Å². The van der Waals surface area contributed by atoms with E-state index in [1.54, 1.807) is 24.3 Å². The minimum atomic E-state index is -0.898. The van der Waals surface area contributed by atoms with Gasteiger partial charge in [-0.1, -0.05) is 32.0 Å². The summed E-state index contributed by atoms with van der Waals surface area (Å²) in [6.07, 6.45) is 0.564. The Morgan fingerprint density at radius 2 is 1.88 bits per heavy atom.